The van der Waals surface area contributed by atoms with E-state index < -0.39 is 0 Å². The van der Waals surface area contributed by atoms with E-state index in [2.05, 4.69) is 20.8 Å². The van der Waals surface area contributed by atoms with Crippen molar-refractivity contribution >= 4 is 5.78 Å². The fourth-order valence-electron chi connectivity index (χ4n) is 3.08. The van der Waals surface area contributed by atoms with Crippen LogP contribution in [0.4, 0.5) is 0 Å². The summed E-state index contributed by atoms with van der Waals surface area (Å²) < 4.78 is 5.93. The first-order valence-corrected chi connectivity index (χ1v) is 7.06. The Morgan fingerprint density at radius 3 is 2.65 bits per heavy atom. The van der Waals surface area contributed by atoms with Crippen molar-refractivity contribution < 1.29 is 9.53 Å². The summed E-state index contributed by atoms with van der Waals surface area (Å²) in [5.41, 5.74) is 0.418. The third-order valence-electron chi connectivity index (χ3n) is 3.69. The molecule has 2 atom stereocenters. The van der Waals surface area contributed by atoms with Gasteiger partial charge in [0, 0.05) is 19.4 Å². The minimum atomic E-state index is 0.353. The van der Waals surface area contributed by atoms with Crippen molar-refractivity contribution in [2.45, 2.75) is 72.3 Å². The normalized spacial score (nSPS) is 28.0. The Morgan fingerprint density at radius 2 is 2.06 bits per heavy atom. The van der Waals surface area contributed by atoms with Crippen molar-refractivity contribution in [1.82, 2.24) is 0 Å². The Bertz CT molecular complexity index is 245. The fraction of sp³-hybridized carbons (Fsp3) is 0.933. The Morgan fingerprint density at radius 1 is 1.35 bits per heavy atom. The second-order valence-electron chi connectivity index (χ2n) is 6.40. The predicted octanol–water partition coefficient (Wildman–Crippen LogP) is 3.98. The Labute approximate surface area is 106 Å². The topological polar surface area (TPSA) is 26.3 Å². The summed E-state index contributed by atoms with van der Waals surface area (Å²) >= 11 is 0. The van der Waals surface area contributed by atoms with Gasteiger partial charge in [-0.15, -0.1) is 0 Å². The van der Waals surface area contributed by atoms with Gasteiger partial charge in [0.1, 0.15) is 5.78 Å². The molecule has 100 valence electrons. The van der Waals surface area contributed by atoms with Gasteiger partial charge >= 0.3 is 0 Å². The minimum Gasteiger partial charge on any atom is -0.378 e. The number of carbonyl (C=O) groups is 1. The van der Waals surface area contributed by atoms with E-state index in [9.17, 15) is 4.79 Å². The maximum Gasteiger partial charge on any atom is 0.132 e. The Kier molecular flexibility index (Phi) is 5.64. The van der Waals surface area contributed by atoms with Crippen molar-refractivity contribution in [2.24, 2.45) is 11.3 Å². The largest absolute Gasteiger partial charge is 0.378 e. The smallest absolute Gasteiger partial charge is 0.132 e. The van der Waals surface area contributed by atoms with E-state index in [-0.39, 0.29) is 0 Å². The highest BCUT2D eigenvalue weighted by Crippen LogP contribution is 2.39. The molecular weight excluding hydrogens is 212 g/mol. The molecule has 0 aromatic carbocycles. The molecule has 1 saturated carbocycles. The lowest BCUT2D eigenvalue weighted by Crippen LogP contribution is -2.32. The molecule has 1 fully saturated rings. The Balaban J connectivity index is 2.20. The van der Waals surface area contributed by atoms with Crippen LogP contribution in [0.2, 0.25) is 0 Å². The number of Topliss-reactive ketones (excluding diaryl/α,β-unsaturated/α-hetero) is 1. The molecule has 17 heavy (non-hydrogen) atoms. The minimum absolute atomic E-state index is 0.353. The fourth-order valence-corrected chi connectivity index (χ4v) is 3.08. The molecule has 0 aromatic heterocycles. The average Bonchev–Trinajstić information content (AvgIpc) is 2.21. The van der Waals surface area contributed by atoms with Crippen LogP contribution in [-0.4, -0.2) is 18.5 Å². The molecule has 0 bridgehead atoms. The van der Waals surface area contributed by atoms with E-state index in [1.54, 1.807) is 0 Å². The SMILES string of the molecule is CCC(=O)CCCOC1CC(C)CC(C)(C)C1. The maximum absolute atomic E-state index is 11.2. The first-order valence-electron chi connectivity index (χ1n) is 7.06. The summed E-state index contributed by atoms with van der Waals surface area (Å²) in [6, 6.07) is 0. The molecule has 0 amide bonds. The van der Waals surface area contributed by atoms with Gasteiger partial charge in [-0.3, -0.25) is 4.79 Å². The van der Waals surface area contributed by atoms with Crippen molar-refractivity contribution in [3.05, 3.63) is 0 Å². The number of ether oxygens (including phenoxy) is 1. The van der Waals surface area contributed by atoms with E-state index in [0.717, 1.165) is 18.9 Å². The van der Waals surface area contributed by atoms with Crippen LogP contribution in [0.25, 0.3) is 0 Å². The van der Waals surface area contributed by atoms with Crippen LogP contribution in [0.15, 0.2) is 0 Å². The van der Waals surface area contributed by atoms with Gasteiger partial charge in [-0.05, 0) is 37.0 Å². The molecular formula is C15H28O2. The van der Waals surface area contributed by atoms with E-state index in [1.807, 2.05) is 6.92 Å². The van der Waals surface area contributed by atoms with E-state index in [1.165, 1.54) is 19.3 Å². The summed E-state index contributed by atoms with van der Waals surface area (Å²) in [5.74, 6) is 1.12. The Hall–Kier alpha value is -0.370. The number of hydrogen-bond acceptors (Lipinski definition) is 2. The van der Waals surface area contributed by atoms with Crippen LogP contribution in [0.5, 0.6) is 0 Å². The highest BCUT2D eigenvalue weighted by molar-refractivity contribution is 5.77. The molecule has 1 aliphatic carbocycles. The van der Waals surface area contributed by atoms with Crippen LogP contribution in [0.3, 0.4) is 0 Å². The van der Waals surface area contributed by atoms with Crippen molar-refractivity contribution in [2.75, 3.05) is 6.61 Å². The van der Waals surface area contributed by atoms with Crippen LogP contribution >= 0.6 is 0 Å². The van der Waals surface area contributed by atoms with Crippen LogP contribution in [0.1, 0.15) is 66.2 Å². The van der Waals surface area contributed by atoms with Gasteiger partial charge in [0.15, 0.2) is 0 Å². The molecule has 0 aliphatic heterocycles. The predicted molar refractivity (Wildman–Crippen MR) is 71.1 cm³/mol. The number of hydrogen-bond donors (Lipinski definition) is 0. The maximum atomic E-state index is 11.2. The summed E-state index contributed by atoms with van der Waals surface area (Å²) in [6.45, 7) is 9.66. The molecule has 1 aliphatic rings. The van der Waals surface area contributed by atoms with Gasteiger partial charge in [-0.25, -0.2) is 0 Å². The summed E-state index contributed by atoms with van der Waals surface area (Å²) in [5, 5.41) is 0. The number of ketones is 1. The molecule has 0 N–H and O–H groups in total. The van der Waals surface area contributed by atoms with Crippen LogP contribution < -0.4 is 0 Å². The lowest BCUT2D eigenvalue weighted by molar-refractivity contribution is -0.119. The van der Waals surface area contributed by atoms with Crippen LogP contribution in [0, 0.1) is 11.3 Å². The zero-order chi connectivity index (χ0) is 12.9. The summed E-state index contributed by atoms with van der Waals surface area (Å²) in [7, 11) is 0. The lowest BCUT2D eigenvalue weighted by Gasteiger charge is -2.38. The average molecular weight is 240 g/mol. The zero-order valence-electron chi connectivity index (χ0n) is 11.9. The molecule has 0 saturated heterocycles. The summed E-state index contributed by atoms with van der Waals surface area (Å²) in [6.07, 6.45) is 6.30. The first-order chi connectivity index (χ1) is 7.93. The van der Waals surface area contributed by atoms with Gasteiger partial charge in [0.05, 0.1) is 6.10 Å². The van der Waals surface area contributed by atoms with Gasteiger partial charge in [-0.2, -0.15) is 0 Å². The molecule has 0 spiro atoms. The molecule has 2 heteroatoms. The molecule has 1 rings (SSSR count). The quantitative estimate of drug-likeness (QED) is 0.656. The van der Waals surface area contributed by atoms with Crippen molar-refractivity contribution in [1.29, 1.82) is 0 Å². The highest BCUT2D eigenvalue weighted by atomic mass is 16.5. The van der Waals surface area contributed by atoms with Crippen molar-refractivity contribution in [3.8, 4) is 0 Å². The van der Waals surface area contributed by atoms with Crippen LogP contribution in [-0.2, 0) is 9.53 Å². The second-order valence-corrected chi connectivity index (χ2v) is 6.40. The first kappa shape index (κ1) is 14.7. The number of carbonyl (C=O) groups excluding carboxylic acids is 1. The van der Waals surface area contributed by atoms with Gasteiger partial charge in [0.25, 0.3) is 0 Å². The molecule has 2 nitrogen and oxygen atoms in total. The third kappa shape index (κ3) is 5.67. The van der Waals surface area contributed by atoms with E-state index in [0.29, 0.717) is 30.1 Å². The second kappa shape index (κ2) is 6.53. The van der Waals surface area contributed by atoms with E-state index in [4.69, 9.17) is 4.74 Å². The molecule has 0 radical (unpaired) electrons. The third-order valence-corrected chi connectivity index (χ3v) is 3.69. The van der Waals surface area contributed by atoms with Gasteiger partial charge in [0.2, 0.25) is 0 Å². The number of rotatable bonds is 6. The van der Waals surface area contributed by atoms with Crippen molar-refractivity contribution in [3.63, 3.8) is 0 Å². The van der Waals surface area contributed by atoms with Gasteiger partial charge in [-0.1, -0.05) is 27.7 Å². The molecule has 0 aromatic rings. The molecule has 2 unspecified atom stereocenters. The summed E-state index contributed by atoms with van der Waals surface area (Å²) in [4.78, 5) is 11.2. The molecule has 0 heterocycles. The monoisotopic (exact) mass is 240 g/mol. The highest BCUT2D eigenvalue weighted by Gasteiger charge is 2.32. The standard InChI is InChI=1S/C15H28O2/c1-5-13(16)7-6-8-17-14-9-12(2)10-15(3,4)11-14/h12,14H,5-11H2,1-4H3. The van der Waals surface area contributed by atoms with E-state index >= 15 is 0 Å². The zero-order valence-corrected chi connectivity index (χ0v) is 11.9. The lowest BCUT2D eigenvalue weighted by atomic mass is 9.71. The van der Waals surface area contributed by atoms with Gasteiger partial charge < -0.3 is 4.74 Å².